The fraction of sp³-hybridized carbons (Fsp3) is 0.917. The highest BCUT2D eigenvalue weighted by molar-refractivity contribution is 5.70. The number of esters is 1. The van der Waals surface area contributed by atoms with Crippen LogP contribution in [0.3, 0.4) is 0 Å². The highest BCUT2D eigenvalue weighted by Gasteiger charge is 2.18. The van der Waals surface area contributed by atoms with Gasteiger partial charge in [-0.3, -0.25) is 4.79 Å². The van der Waals surface area contributed by atoms with Gasteiger partial charge in [0.05, 0.1) is 12.5 Å². The number of hydrogen-bond donors (Lipinski definition) is 1. The Labute approximate surface area is 98.7 Å². The zero-order chi connectivity index (χ0) is 12.8. The summed E-state index contributed by atoms with van der Waals surface area (Å²) in [5, 5.41) is 3.22. The van der Waals surface area contributed by atoms with Crippen molar-refractivity contribution in [1.29, 1.82) is 0 Å². The molecule has 0 aliphatic carbocycles. The van der Waals surface area contributed by atoms with E-state index in [1.807, 2.05) is 34.6 Å². The highest BCUT2D eigenvalue weighted by atomic mass is 16.6. The molecule has 4 nitrogen and oxygen atoms in total. The van der Waals surface area contributed by atoms with Crippen molar-refractivity contribution in [3.8, 4) is 0 Å². The van der Waals surface area contributed by atoms with Crippen molar-refractivity contribution in [2.45, 2.75) is 58.8 Å². The lowest BCUT2D eigenvalue weighted by molar-refractivity contribution is -0.155. The first-order chi connectivity index (χ1) is 7.24. The van der Waals surface area contributed by atoms with Gasteiger partial charge < -0.3 is 14.8 Å². The van der Waals surface area contributed by atoms with E-state index in [9.17, 15) is 4.79 Å². The summed E-state index contributed by atoms with van der Waals surface area (Å²) in [7, 11) is 1.67. The van der Waals surface area contributed by atoms with Crippen molar-refractivity contribution in [1.82, 2.24) is 5.32 Å². The summed E-state index contributed by atoms with van der Waals surface area (Å²) in [6.45, 7) is 10.3. The summed E-state index contributed by atoms with van der Waals surface area (Å²) in [5.41, 5.74) is -0.406. The van der Waals surface area contributed by atoms with Crippen LogP contribution in [-0.2, 0) is 14.3 Å². The monoisotopic (exact) mass is 231 g/mol. The van der Waals surface area contributed by atoms with Gasteiger partial charge in [0.15, 0.2) is 0 Å². The molecule has 2 unspecified atom stereocenters. The molecule has 0 aromatic heterocycles. The maximum Gasteiger partial charge on any atom is 0.307 e. The Kier molecular flexibility index (Phi) is 6.60. The van der Waals surface area contributed by atoms with Crippen LogP contribution in [0.1, 0.15) is 41.0 Å². The third kappa shape index (κ3) is 8.68. The van der Waals surface area contributed by atoms with E-state index in [1.54, 1.807) is 7.11 Å². The van der Waals surface area contributed by atoms with Crippen LogP contribution in [0, 0.1) is 0 Å². The molecule has 4 heteroatoms. The van der Waals surface area contributed by atoms with E-state index >= 15 is 0 Å². The molecule has 0 radical (unpaired) electrons. The molecule has 1 N–H and O–H groups in total. The molecular weight excluding hydrogens is 206 g/mol. The second-order valence-electron chi connectivity index (χ2n) is 5.15. The third-order valence-electron chi connectivity index (χ3n) is 2.05. The molecule has 0 aliphatic rings. The van der Waals surface area contributed by atoms with Crippen LogP contribution in [0.15, 0.2) is 0 Å². The van der Waals surface area contributed by atoms with Gasteiger partial charge in [-0.1, -0.05) is 0 Å². The highest BCUT2D eigenvalue weighted by Crippen LogP contribution is 2.09. The predicted molar refractivity (Wildman–Crippen MR) is 64.4 cm³/mol. The Morgan fingerprint density at radius 3 is 2.31 bits per heavy atom. The van der Waals surface area contributed by atoms with Crippen LogP contribution in [0.4, 0.5) is 0 Å². The van der Waals surface area contributed by atoms with E-state index in [2.05, 4.69) is 5.32 Å². The zero-order valence-corrected chi connectivity index (χ0v) is 11.3. The predicted octanol–water partition coefficient (Wildman–Crippen LogP) is 1.73. The van der Waals surface area contributed by atoms with E-state index < -0.39 is 5.60 Å². The molecule has 0 saturated heterocycles. The topological polar surface area (TPSA) is 47.6 Å². The summed E-state index contributed by atoms with van der Waals surface area (Å²) in [5.74, 6) is -0.169. The van der Waals surface area contributed by atoms with Gasteiger partial charge in [-0.05, 0) is 34.6 Å². The molecule has 0 spiro atoms. The largest absolute Gasteiger partial charge is 0.460 e. The SMILES string of the molecule is COC(C)CNC(C)CC(=O)OC(C)(C)C. The number of ether oxygens (including phenoxy) is 2. The van der Waals surface area contributed by atoms with Gasteiger partial charge in [0, 0.05) is 19.7 Å². The third-order valence-corrected chi connectivity index (χ3v) is 2.05. The average Bonchev–Trinajstić information content (AvgIpc) is 2.10. The van der Waals surface area contributed by atoms with Crippen LogP contribution in [0.5, 0.6) is 0 Å². The van der Waals surface area contributed by atoms with Crippen molar-refractivity contribution < 1.29 is 14.3 Å². The fourth-order valence-electron chi connectivity index (χ4n) is 1.16. The maximum atomic E-state index is 11.5. The van der Waals surface area contributed by atoms with Crippen molar-refractivity contribution in [2.75, 3.05) is 13.7 Å². The first-order valence-electron chi connectivity index (χ1n) is 5.72. The van der Waals surface area contributed by atoms with Gasteiger partial charge in [0.2, 0.25) is 0 Å². The second kappa shape index (κ2) is 6.86. The van der Waals surface area contributed by atoms with Crippen LogP contribution in [0.25, 0.3) is 0 Å². The summed E-state index contributed by atoms with van der Waals surface area (Å²) < 4.78 is 10.3. The van der Waals surface area contributed by atoms with E-state index in [0.717, 1.165) is 6.54 Å². The van der Waals surface area contributed by atoms with Gasteiger partial charge in [-0.25, -0.2) is 0 Å². The lowest BCUT2D eigenvalue weighted by Gasteiger charge is -2.22. The van der Waals surface area contributed by atoms with Crippen molar-refractivity contribution >= 4 is 5.97 Å². The average molecular weight is 231 g/mol. The molecule has 96 valence electrons. The molecule has 0 bridgehead atoms. The number of rotatable bonds is 6. The van der Waals surface area contributed by atoms with Crippen molar-refractivity contribution in [3.63, 3.8) is 0 Å². The number of carbonyl (C=O) groups excluding carboxylic acids is 1. The Bertz CT molecular complexity index is 211. The molecule has 0 aromatic rings. The van der Waals surface area contributed by atoms with Gasteiger partial charge >= 0.3 is 5.97 Å². The normalized spacial score (nSPS) is 15.6. The van der Waals surface area contributed by atoms with Crippen molar-refractivity contribution in [2.24, 2.45) is 0 Å². The summed E-state index contributed by atoms with van der Waals surface area (Å²) in [4.78, 5) is 11.5. The fourth-order valence-corrected chi connectivity index (χ4v) is 1.16. The van der Waals surface area contributed by atoms with Crippen LogP contribution in [0.2, 0.25) is 0 Å². The van der Waals surface area contributed by atoms with E-state index in [4.69, 9.17) is 9.47 Å². The molecule has 0 rings (SSSR count). The van der Waals surface area contributed by atoms with E-state index in [0.29, 0.717) is 6.42 Å². The van der Waals surface area contributed by atoms with Gasteiger partial charge in [0.1, 0.15) is 5.60 Å². The van der Waals surface area contributed by atoms with Crippen LogP contribution >= 0.6 is 0 Å². The summed E-state index contributed by atoms with van der Waals surface area (Å²) in [6.07, 6.45) is 0.536. The van der Waals surface area contributed by atoms with Gasteiger partial charge in [0.25, 0.3) is 0 Å². The molecule has 2 atom stereocenters. The van der Waals surface area contributed by atoms with Gasteiger partial charge in [-0.15, -0.1) is 0 Å². The lowest BCUT2D eigenvalue weighted by atomic mass is 10.2. The zero-order valence-electron chi connectivity index (χ0n) is 11.3. The Hall–Kier alpha value is -0.610. The minimum absolute atomic E-state index is 0.104. The first-order valence-corrected chi connectivity index (χ1v) is 5.72. The smallest absolute Gasteiger partial charge is 0.307 e. The Morgan fingerprint density at radius 1 is 1.31 bits per heavy atom. The van der Waals surface area contributed by atoms with E-state index in [1.165, 1.54) is 0 Å². The number of methoxy groups -OCH3 is 1. The molecule has 0 saturated carbocycles. The summed E-state index contributed by atoms with van der Waals surface area (Å²) in [6, 6.07) is 0.104. The molecule has 0 aromatic carbocycles. The second-order valence-corrected chi connectivity index (χ2v) is 5.15. The molecule has 0 fully saturated rings. The van der Waals surface area contributed by atoms with Gasteiger partial charge in [-0.2, -0.15) is 0 Å². The molecule has 0 heterocycles. The Morgan fingerprint density at radius 2 is 1.88 bits per heavy atom. The maximum absolute atomic E-state index is 11.5. The minimum Gasteiger partial charge on any atom is -0.460 e. The summed E-state index contributed by atoms with van der Waals surface area (Å²) >= 11 is 0. The number of nitrogens with one attached hydrogen (secondary N) is 1. The van der Waals surface area contributed by atoms with Crippen molar-refractivity contribution in [3.05, 3.63) is 0 Å². The van der Waals surface area contributed by atoms with Crippen LogP contribution in [-0.4, -0.2) is 37.4 Å². The van der Waals surface area contributed by atoms with E-state index in [-0.39, 0.29) is 18.1 Å². The standard InChI is InChI=1S/C12H25NO3/c1-9(13-8-10(2)15-6)7-11(14)16-12(3,4)5/h9-10,13H,7-8H2,1-6H3. The molecule has 0 aliphatic heterocycles. The Balaban J connectivity index is 3.79. The quantitative estimate of drug-likeness (QED) is 0.707. The number of carbonyl (C=O) groups is 1. The molecule has 0 amide bonds. The number of hydrogen-bond acceptors (Lipinski definition) is 4. The lowest BCUT2D eigenvalue weighted by Crippen LogP contribution is -2.36. The van der Waals surface area contributed by atoms with Crippen LogP contribution < -0.4 is 5.32 Å². The first kappa shape index (κ1) is 15.4. The molecule has 16 heavy (non-hydrogen) atoms. The molecular formula is C12H25NO3. The minimum atomic E-state index is -0.406.